The van der Waals surface area contributed by atoms with Crippen molar-refractivity contribution in [3.05, 3.63) is 54.9 Å². The summed E-state index contributed by atoms with van der Waals surface area (Å²) in [5, 5.41) is 26.0. The summed E-state index contributed by atoms with van der Waals surface area (Å²) in [5.41, 5.74) is 3.02. The molecule has 5 rings (SSSR count). The van der Waals surface area contributed by atoms with E-state index >= 15 is 0 Å². The third-order valence-corrected chi connectivity index (χ3v) is 4.15. The number of H-pyrrole nitrogens is 2. The number of urea groups is 1. The number of carbonyl (C=O) groups excluding carboxylic acids is 1. The molecule has 0 unspecified atom stereocenters. The van der Waals surface area contributed by atoms with Gasteiger partial charge in [0.15, 0.2) is 11.5 Å². The van der Waals surface area contributed by atoms with Crippen LogP contribution in [0.2, 0.25) is 0 Å². The molecular weight excluding hydrogens is 412 g/mol. The van der Waals surface area contributed by atoms with Crippen molar-refractivity contribution in [3.63, 3.8) is 0 Å². The van der Waals surface area contributed by atoms with Crippen LogP contribution < -0.4 is 10.6 Å². The molecule has 0 aromatic carbocycles. The molecule has 5 aromatic rings. The van der Waals surface area contributed by atoms with Crippen LogP contribution in [0.25, 0.3) is 28.3 Å². The van der Waals surface area contributed by atoms with E-state index in [4.69, 9.17) is 0 Å². The number of aryl methyl sites for hydroxylation is 1. The Labute approximate surface area is 181 Å². The lowest BCUT2D eigenvalue weighted by atomic mass is 10.1. The van der Waals surface area contributed by atoms with Crippen molar-refractivity contribution in [2.45, 2.75) is 13.8 Å². The van der Waals surface area contributed by atoms with Crippen LogP contribution in [0.1, 0.15) is 12.7 Å². The van der Waals surface area contributed by atoms with E-state index < -0.39 is 0 Å². The summed E-state index contributed by atoms with van der Waals surface area (Å²) >= 11 is 0. The molecule has 0 saturated carbocycles. The maximum atomic E-state index is 11.8. The first kappa shape index (κ1) is 20.6. The fourth-order valence-corrected chi connectivity index (χ4v) is 2.83. The number of rotatable bonds is 4. The Kier molecular flexibility index (Phi) is 6.06. The van der Waals surface area contributed by atoms with E-state index in [-0.39, 0.29) is 12.0 Å². The van der Waals surface area contributed by atoms with Gasteiger partial charge >= 0.3 is 6.03 Å². The van der Waals surface area contributed by atoms with Crippen LogP contribution in [0.3, 0.4) is 0 Å². The molecule has 0 bridgehead atoms. The average Bonchev–Trinajstić information content (AvgIpc) is 3.56. The molecule has 162 valence electrons. The molecule has 5 aromatic heterocycles. The molecule has 0 radical (unpaired) electrons. The van der Waals surface area contributed by atoms with Gasteiger partial charge in [-0.2, -0.15) is 25.5 Å². The third kappa shape index (κ3) is 4.72. The standard InChI is InChI=1S/C17H17N9O.C2H3N3/c1-3-19-17(27)22-16-21-14-8-12(11-5-4-6-18-9-11)7-13(26(14)25-16)15-20-10(2)23-24-15;1-2-4-5-3-1/h4-9H,3H2,1-2H3,(H,20,23,24)(H2,19,22,25,27);1-2H,(H,3,4,5). The highest BCUT2D eigenvalue weighted by Crippen LogP contribution is 2.26. The van der Waals surface area contributed by atoms with Crippen LogP contribution in [0, 0.1) is 6.92 Å². The minimum atomic E-state index is -0.365. The van der Waals surface area contributed by atoms with Crippen LogP contribution >= 0.6 is 0 Å². The predicted octanol–water partition coefficient (Wildman–Crippen LogP) is 1.83. The Morgan fingerprint density at radius 3 is 2.59 bits per heavy atom. The molecule has 0 aliphatic carbocycles. The lowest BCUT2D eigenvalue weighted by molar-refractivity contribution is 0.252. The van der Waals surface area contributed by atoms with Gasteiger partial charge in [-0.15, -0.1) is 5.10 Å². The Morgan fingerprint density at radius 1 is 1.12 bits per heavy atom. The average molecular weight is 432 g/mol. The molecule has 0 aliphatic rings. The van der Waals surface area contributed by atoms with E-state index in [1.807, 2.05) is 38.1 Å². The van der Waals surface area contributed by atoms with Crippen molar-refractivity contribution in [3.8, 4) is 22.6 Å². The lowest BCUT2D eigenvalue weighted by Crippen LogP contribution is -2.28. The fraction of sp³-hybridized carbons (Fsp3) is 0.158. The molecule has 13 nitrogen and oxygen atoms in total. The molecule has 0 fully saturated rings. The lowest BCUT2D eigenvalue weighted by Gasteiger charge is -2.05. The second-order valence-electron chi connectivity index (χ2n) is 6.46. The largest absolute Gasteiger partial charge is 0.338 e. The van der Waals surface area contributed by atoms with Crippen molar-refractivity contribution in [1.29, 1.82) is 0 Å². The molecule has 5 heterocycles. The smallest absolute Gasteiger partial charge is 0.321 e. The summed E-state index contributed by atoms with van der Waals surface area (Å²) in [6.45, 7) is 4.16. The van der Waals surface area contributed by atoms with E-state index in [1.165, 1.54) is 0 Å². The first-order chi connectivity index (χ1) is 15.6. The maximum absolute atomic E-state index is 11.8. The second kappa shape index (κ2) is 9.42. The monoisotopic (exact) mass is 432 g/mol. The van der Waals surface area contributed by atoms with Gasteiger partial charge in [0.2, 0.25) is 0 Å². The molecule has 13 heteroatoms. The number of hydrogen-bond acceptors (Lipinski definition) is 8. The minimum Gasteiger partial charge on any atom is -0.338 e. The zero-order valence-corrected chi connectivity index (χ0v) is 17.3. The van der Waals surface area contributed by atoms with Gasteiger partial charge in [-0.25, -0.2) is 14.3 Å². The first-order valence-corrected chi connectivity index (χ1v) is 9.69. The number of nitrogens with one attached hydrogen (secondary N) is 4. The van der Waals surface area contributed by atoms with Crippen molar-refractivity contribution < 1.29 is 4.79 Å². The van der Waals surface area contributed by atoms with E-state index in [0.29, 0.717) is 29.5 Å². The normalized spacial score (nSPS) is 10.4. The summed E-state index contributed by atoms with van der Waals surface area (Å²) in [4.78, 5) is 24.8. The zero-order valence-electron chi connectivity index (χ0n) is 17.3. The number of carbonyl (C=O) groups is 1. The van der Waals surface area contributed by atoms with E-state index in [1.54, 1.807) is 29.3 Å². The Hall–Kier alpha value is -4.68. The van der Waals surface area contributed by atoms with Crippen LogP contribution in [0.4, 0.5) is 10.7 Å². The number of anilines is 1. The van der Waals surface area contributed by atoms with Crippen molar-refractivity contribution in [2.75, 3.05) is 11.9 Å². The van der Waals surface area contributed by atoms with Gasteiger partial charge < -0.3 is 5.32 Å². The van der Waals surface area contributed by atoms with Gasteiger partial charge in [0.25, 0.3) is 5.95 Å². The summed E-state index contributed by atoms with van der Waals surface area (Å²) in [7, 11) is 0. The summed E-state index contributed by atoms with van der Waals surface area (Å²) < 4.78 is 1.60. The Bertz CT molecular complexity index is 1280. The quantitative estimate of drug-likeness (QED) is 0.333. The van der Waals surface area contributed by atoms with Gasteiger partial charge in [-0.1, -0.05) is 6.07 Å². The number of fused-ring (bicyclic) bond motifs is 1. The third-order valence-electron chi connectivity index (χ3n) is 4.15. The molecule has 0 atom stereocenters. The van der Waals surface area contributed by atoms with Gasteiger partial charge in [0, 0.05) is 24.5 Å². The number of nitrogens with zero attached hydrogens (tertiary/aromatic N) is 8. The topological polar surface area (TPSA) is 167 Å². The number of pyridine rings is 2. The summed E-state index contributed by atoms with van der Waals surface area (Å²) in [6, 6.07) is 7.24. The first-order valence-electron chi connectivity index (χ1n) is 9.69. The Balaban J connectivity index is 0.000000433. The number of aromatic nitrogens is 10. The molecule has 2 amide bonds. The molecular formula is C19H20N12O. The number of amides is 2. The summed E-state index contributed by atoms with van der Waals surface area (Å²) in [5.74, 6) is 1.36. The minimum absolute atomic E-state index is 0.192. The second-order valence-corrected chi connectivity index (χ2v) is 6.46. The number of aromatic amines is 2. The van der Waals surface area contributed by atoms with Crippen molar-refractivity contribution in [2.24, 2.45) is 0 Å². The molecule has 0 saturated heterocycles. The highest BCUT2D eigenvalue weighted by Gasteiger charge is 2.16. The predicted molar refractivity (Wildman–Crippen MR) is 115 cm³/mol. The molecule has 32 heavy (non-hydrogen) atoms. The SMILES string of the molecule is CCNC(=O)Nc1nc2cc(-c3cccnc3)cc(-c3n[nH]c(C)n3)n2n1.c1cn[nH]n1. The van der Waals surface area contributed by atoms with Crippen LogP contribution in [0.5, 0.6) is 0 Å². The van der Waals surface area contributed by atoms with Crippen molar-refractivity contribution in [1.82, 2.24) is 55.5 Å². The highest BCUT2D eigenvalue weighted by molar-refractivity contribution is 5.87. The van der Waals surface area contributed by atoms with Crippen molar-refractivity contribution >= 4 is 17.6 Å². The van der Waals surface area contributed by atoms with E-state index in [2.05, 4.69) is 56.3 Å². The van der Waals surface area contributed by atoms with Crippen LogP contribution in [0.15, 0.2) is 49.1 Å². The fourth-order valence-electron chi connectivity index (χ4n) is 2.83. The highest BCUT2D eigenvalue weighted by atomic mass is 16.2. The van der Waals surface area contributed by atoms with Gasteiger partial charge in [0.1, 0.15) is 11.5 Å². The van der Waals surface area contributed by atoms with Gasteiger partial charge in [0.05, 0.1) is 12.4 Å². The Morgan fingerprint density at radius 2 is 1.97 bits per heavy atom. The molecule has 0 spiro atoms. The van der Waals surface area contributed by atoms with Gasteiger partial charge in [-0.05, 0) is 37.6 Å². The van der Waals surface area contributed by atoms with Crippen LogP contribution in [-0.2, 0) is 0 Å². The molecule has 0 aliphatic heterocycles. The molecule has 4 N–H and O–H groups in total. The number of hydrogen-bond donors (Lipinski definition) is 4. The maximum Gasteiger partial charge on any atom is 0.321 e. The van der Waals surface area contributed by atoms with Gasteiger partial charge in [-0.3, -0.25) is 15.4 Å². The van der Waals surface area contributed by atoms with E-state index in [9.17, 15) is 4.79 Å². The summed E-state index contributed by atoms with van der Waals surface area (Å²) in [6.07, 6.45) is 6.65. The van der Waals surface area contributed by atoms with Crippen LogP contribution in [-0.4, -0.2) is 62.7 Å². The zero-order chi connectivity index (χ0) is 22.3. The van der Waals surface area contributed by atoms with E-state index in [0.717, 1.165) is 11.1 Å².